The van der Waals surface area contributed by atoms with Gasteiger partial charge in [-0.2, -0.15) is 0 Å². The molecule has 1 aliphatic rings. The third kappa shape index (κ3) is 5.59. The minimum Gasteiger partial charge on any atom is -0.497 e. The van der Waals surface area contributed by atoms with Crippen LogP contribution in [-0.2, 0) is 33.3 Å². The van der Waals surface area contributed by atoms with Crippen LogP contribution < -0.4 is 9.47 Å². The predicted molar refractivity (Wildman–Crippen MR) is 94.6 cm³/mol. The van der Waals surface area contributed by atoms with Gasteiger partial charge in [0.1, 0.15) is 11.5 Å². The van der Waals surface area contributed by atoms with Gasteiger partial charge >= 0.3 is 17.9 Å². The topological polar surface area (TPSA) is 107 Å². The Bertz CT molecular complexity index is 700. The van der Waals surface area contributed by atoms with Gasteiger partial charge in [0, 0.05) is 20.8 Å². The average molecular weight is 396 g/mol. The maximum absolute atomic E-state index is 11.6. The quantitative estimate of drug-likeness (QED) is 0.523. The van der Waals surface area contributed by atoms with Crippen molar-refractivity contribution in [2.45, 2.75) is 58.4 Å². The zero-order valence-electron chi connectivity index (χ0n) is 16.4. The minimum absolute atomic E-state index is 0.419. The first kappa shape index (κ1) is 21.5. The molecule has 0 aliphatic carbocycles. The lowest BCUT2D eigenvalue weighted by Gasteiger charge is -2.43. The Morgan fingerprint density at radius 3 is 1.75 bits per heavy atom. The molecule has 28 heavy (non-hydrogen) atoms. The fraction of sp³-hybridized carbons (Fsp3) is 0.526. The van der Waals surface area contributed by atoms with E-state index >= 15 is 0 Å². The van der Waals surface area contributed by atoms with Crippen molar-refractivity contribution < 1.29 is 42.8 Å². The van der Waals surface area contributed by atoms with Gasteiger partial charge in [-0.05, 0) is 31.2 Å². The molecule has 1 heterocycles. The summed E-state index contributed by atoms with van der Waals surface area (Å²) in [6.07, 6.45) is -5.01. The Morgan fingerprint density at radius 1 is 0.786 bits per heavy atom. The lowest BCUT2D eigenvalue weighted by Crippen LogP contribution is -2.62. The highest BCUT2D eigenvalue weighted by molar-refractivity contribution is 5.68. The largest absolute Gasteiger partial charge is 0.497 e. The summed E-state index contributed by atoms with van der Waals surface area (Å²) in [6, 6.07) is 6.68. The van der Waals surface area contributed by atoms with Crippen LogP contribution in [0.4, 0.5) is 0 Å². The van der Waals surface area contributed by atoms with Gasteiger partial charge in [0.25, 0.3) is 0 Å². The molecular formula is C19H24O9. The standard InChI is InChI=1S/C19H24O9/c1-10-16(25-11(2)20)17(26-12(3)21)18(27-13(4)22)19(24-10)28-15-8-6-14(23-5)7-9-15/h6-10,16-19H,1-5H3/t10-,16-,17+,18+,19-/m0/s1. The van der Waals surface area contributed by atoms with E-state index in [0.717, 1.165) is 0 Å². The number of methoxy groups -OCH3 is 1. The van der Waals surface area contributed by atoms with E-state index in [1.165, 1.54) is 27.9 Å². The molecule has 0 unspecified atom stereocenters. The van der Waals surface area contributed by atoms with E-state index in [9.17, 15) is 14.4 Å². The SMILES string of the molecule is COc1ccc(O[C@@H]2O[C@@H](C)[C@H](OC(C)=O)[C@@H](OC(C)=O)[C@H]2OC(C)=O)cc1. The number of carbonyl (C=O) groups is 3. The molecule has 0 spiro atoms. The van der Waals surface area contributed by atoms with Gasteiger partial charge in [-0.3, -0.25) is 14.4 Å². The average Bonchev–Trinajstić information content (AvgIpc) is 2.61. The predicted octanol–water partition coefficient (Wildman–Crippen LogP) is 1.61. The Kier molecular flexibility index (Phi) is 7.22. The van der Waals surface area contributed by atoms with Crippen molar-refractivity contribution in [1.29, 1.82) is 0 Å². The highest BCUT2D eigenvalue weighted by atomic mass is 16.7. The number of rotatable bonds is 6. The Morgan fingerprint density at radius 2 is 1.25 bits per heavy atom. The lowest BCUT2D eigenvalue weighted by atomic mass is 9.99. The van der Waals surface area contributed by atoms with E-state index in [4.69, 9.17) is 28.4 Å². The van der Waals surface area contributed by atoms with Crippen LogP contribution in [0, 0.1) is 0 Å². The molecule has 9 heteroatoms. The molecule has 2 rings (SSSR count). The Labute approximate surface area is 162 Å². The van der Waals surface area contributed by atoms with Crippen LogP contribution in [0.1, 0.15) is 27.7 Å². The van der Waals surface area contributed by atoms with Gasteiger partial charge in [-0.15, -0.1) is 0 Å². The first-order chi connectivity index (χ1) is 13.2. The van der Waals surface area contributed by atoms with E-state index in [1.807, 2.05) is 0 Å². The number of ether oxygens (including phenoxy) is 6. The van der Waals surface area contributed by atoms with E-state index < -0.39 is 48.6 Å². The second-order valence-electron chi connectivity index (χ2n) is 6.23. The number of benzene rings is 1. The minimum atomic E-state index is -1.15. The van der Waals surface area contributed by atoms with Gasteiger partial charge < -0.3 is 28.4 Å². The van der Waals surface area contributed by atoms with Crippen LogP contribution in [0.25, 0.3) is 0 Å². The second kappa shape index (κ2) is 9.41. The molecule has 5 atom stereocenters. The first-order valence-corrected chi connectivity index (χ1v) is 8.69. The first-order valence-electron chi connectivity index (χ1n) is 8.69. The monoisotopic (exact) mass is 396 g/mol. The van der Waals surface area contributed by atoms with Crippen LogP contribution in [0.5, 0.6) is 11.5 Å². The molecule has 1 fully saturated rings. The summed E-state index contributed by atoms with van der Waals surface area (Å²) in [6.45, 7) is 5.26. The van der Waals surface area contributed by atoms with E-state index in [1.54, 1.807) is 31.2 Å². The summed E-state index contributed by atoms with van der Waals surface area (Å²) in [7, 11) is 1.54. The summed E-state index contributed by atoms with van der Waals surface area (Å²) in [5, 5.41) is 0. The molecule has 0 radical (unpaired) electrons. The summed E-state index contributed by atoms with van der Waals surface area (Å²) in [5.74, 6) is -0.798. The molecule has 0 amide bonds. The van der Waals surface area contributed by atoms with Gasteiger partial charge in [0.2, 0.25) is 12.4 Å². The van der Waals surface area contributed by atoms with E-state index in [0.29, 0.717) is 11.5 Å². The third-order valence-electron chi connectivity index (χ3n) is 3.95. The summed E-state index contributed by atoms with van der Waals surface area (Å²) in [5.41, 5.74) is 0. The van der Waals surface area contributed by atoms with Gasteiger partial charge in [0.15, 0.2) is 12.2 Å². The van der Waals surface area contributed by atoms with Crippen molar-refractivity contribution in [1.82, 2.24) is 0 Å². The highest BCUT2D eigenvalue weighted by Gasteiger charge is 2.51. The molecular weight excluding hydrogens is 372 g/mol. The van der Waals surface area contributed by atoms with Crippen molar-refractivity contribution in [3.05, 3.63) is 24.3 Å². The van der Waals surface area contributed by atoms with Crippen LogP contribution in [0.2, 0.25) is 0 Å². The molecule has 1 saturated heterocycles. The van der Waals surface area contributed by atoms with Crippen molar-refractivity contribution in [3.8, 4) is 11.5 Å². The molecule has 0 aromatic heterocycles. The number of hydrogen-bond acceptors (Lipinski definition) is 9. The molecule has 0 N–H and O–H groups in total. The van der Waals surface area contributed by atoms with Crippen molar-refractivity contribution in [2.75, 3.05) is 7.11 Å². The smallest absolute Gasteiger partial charge is 0.303 e. The van der Waals surface area contributed by atoms with Gasteiger partial charge in [-0.1, -0.05) is 0 Å². The maximum Gasteiger partial charge on any atom is 0.303 e. The van der Waals surface area contributed by atoms with E-state index in [-0.39, 0.29) is 0 Å². The van der Waals surface area contributed by atoms with Crippen LogP contribution in [-0.4, -0.2) is 55.7 Å². The number of carbonyl (C=O) groups excluding carboxylic acids is 3. The van der Waals surface area contributed by atoms with Crippen LogP contribution in [0.15, 0.2) is 24.3 Å². The lowest BCUT2D eigenvalue weighted by molar-refractivity contribution is -0.280. The second-order valence-corrected chi connectivity index (χ2v) is 6.23. The number of hydrogen-bond donors (Lipinski definition) is 0. The van der Waals surface area contributed by atoms with Gasteiger partial charge in [-0.25, -0.2) is 0 Å². The molecule has 0 saturated carbocycles. The Balaban J connectivity index is 2.32. The summed E-state index contributed by atoms with van der Waals surface area (Å²) < 4.78 is 32.6. The summed E-state index contributed by atoms with van der Waals surface area (Å²) in [4.78, 5) is 34.7. The summed E-state index contributed by atoms with van der Waals surface area (Å²) >= 11 is 0. The molecule has 1 aromatic carbocycles. The van der Waals surface area contributed by atoms with Crippen molar-refractivity contribution in [3.63, 3.8) is 0 Å². The normalized spacial score (nSPS) is 26.7. The van der Waals surface area contributed by atoms with Crippen molar-refractivity contribution >= 4 is 17.9 Å². The van der Waals surface area contributed by atoms with Crippen LogP contribution in [0.3, 0.4) is 0 Å². The number of esters is 3. The molecule has 9 nitrogen and oxygen atoms in total. The zero-order chi connectivity index (χ0) is 20.8. The van der Waals surface area contributed by atoms with Gasteiger partial charge in [0.05, 0.1) is 13.2 Å². The highest BCUT2D eigenvalue weighted by Crippen LogP contribution is 2.30. The third-order valence-corrected chi connectivity index (χ3v) is 3.95. The van der Waals surface area contributed by atoms with Crippen LogP contribution >= 0.6 is 0 Å². The molecule has 154 valence electrons. The molecule has 1 aromatic rings. The fourth-order valence-corrected chi connectivity index (χ4v) is 2.85. The zero-order valence-corrected chi connectivity index (χ0v) is 16.4. The molecule has 1 aliphatic heterocycles. The maximum atomic E-state index is 11.6. The molecule has 0 bridgehead atoms. The van der Waals surface area contributed by atoms with E-state index in [2.05, 4.69) is 0 Å². The fourth-order valence-electron chi connectivity index (χ4n) is 2.85. The van der Waals surface area contributed by atoms with Crippen molar-refractivity contribution in [2.24, 2.45) is 0 Å². The Hall–Kier alpha value is -2.81.